The Morgan fingerprint density at radius 1 is 1.05 bits per heavy atom. The molecule has 118 valence electrons. The van der Waals surface area contributed by atoms with Gasteiger partial charge in [-0.1, -0.05) is 36.4 Å². The molecular weight excluding hydrogens is 314 g/mol. The van der Waals surface area contributed by atoms with Crippen molar-refractivity contribution in [3.05, 3.63) is 53.4 Å². The molecule has 0 N–H and O–H groups in total. The van der Waals surface area contributed by atoms with Gasteiger partial charge in [-0.15, -0.1) is 11.3 Å². The topological polar surface area (TPSA) is 37.4 Å². The van der Waals surface area contributed by atoms with Gasteiger partial charge in [0.25, 0.3) is 10.0 Å². The lowest BCUT2D eigenvalue weighted by Crippen LogP contribution is -2.38. The molecule has 0 aliphatic carbocycles. The van der Waals surface area contributed by atoms with E-state index in [0.717, 1.165) is 25.7 Å². The van der Waals surface area contributed by atoms with Crippen LogP contribution in [-0.2, 0) is 16.4 Å². The average Bonchev–Trinajstić information content (AvgIpc) is 3.10. The molecule has 1 aliphatic heterocycles. The first-order valence-corrected chi connectivity index (χ1v) is 10.1. The van der Waals surface area contributed by atoms with Crippen molar-refractivity contribution in [2.24, 2.45) is 5.92 Å². The minimum Gasteiger partial charge on any atom is -0.206 e. The van der Waals surface area contributed by atoms with Crippen LogP contribution in [0.5, 0.6) is 0 Å². The van der Waals surface area contributed by atoms with E-state index in [4.69, 9.17) is 0 Å². The molecule has 0 amide bonds. The van der Waals surface area contributed by atoms with Crippen LogP contribution in [0.2, 0.25) is 0 Å². The second kappa shape index (κ2) is 6.94. The predicted molar refractivity (Wildman–Crippen MR) is 90.6 cm³/mol. The minimum absolute atomic E-state index is 0.468. The molecule has 0 bridgehead atoms. The van der Waals surface area contributed by atoms with Crippen LogP contribution in [0.15, 0.2) is 52.1 Å². The zero-order valence-corrected chi connectivity index (χ0v) is 14.2. The summed E-state index contributed by atoms with van der Waals surface area (Å²) in [6.45, 7) is 1.30. The molecule has 1 aliphatic rings. The molecule has 5 heteroatoms. The molecule has 2 aromatic rings. The summed E-state index contributed by atoms with van der Waals surface area (Å²) in [6, 6.07) is 14.0. The lowest BCUT2D eigenvalue weighted by atomic mass is 9.91. The number of hydrogen-bond acceptors (Lipinski definition) is 3. The zero-order valence-electron chi connectivity index (χ0n) is 12.5. The number of nitrogens with zero attached hydrogens (tertiary/aromatic N) is 1. The molecule has 1 saturated heterocycles. The Hall–Kier alpha value is -1.17. The molecule has 2 heterocycles. The Morgan fingerprint density at radius 3 is 2.41 bits per heavy atom. The normalized spacial score (nSPS) is 17.6. The number of aryl methyl sites for hydroxylation is 1. The third kappa shape index (κ3) is 3.59. The largest absolute Gasteiger partial charge is 0.252 e. The second-order valence-electron chi connectivity index (χ2n) is 5.80. The highest BCUT2D eigenvalue weighted by atomic mass is 32.2. The minimum atomic E-state index is -3.26. The molecular formula is C17H21NO2S2. The van der Waals surface area contributed by atoms with Gasteiger partial charge in [-0.3, -0.25) is 0 Å². The van der Waals surface area contributed by atoms with E-state index in [9.17, 15) is 8.42 Å². The fourth-order valence-electron chi connectivity index (χ4n) is 2.99. The Bertz CT molecular complexity index is 673. The molecule has 22 heavy (non-hydrogen) atoms. The van der Waals surface area contributed by atoms with Gasteiger partial charge in [-0.05, 0) is 48.6 Å². The maximum Gasteiger partial charge on any atom is 0.252 e. The summed E-state index contributed by atoms with van der Waals surface area (Å²) < 4.78 is 27.1. The Labute approximate surface area is 136 Å². The first kappa shape index (κ1) is 15.7. The smallest absolute Gasteiger partial charge is 0.206 e. The van der Waals surface area contributed by atoms with Gasteiger partial charge in [0, 0.05) is 13.1 Å². The summed E-state index contributed by atoms with van der Waals surface area (Å²) in [5, 5.41) is 1.82. The van der Waals surface area contributed by atoms with E-state index < -0.39 is 10.0 Å². The number of thiophene rings is 1. The van der Waals surface area contributed by atoms with Crippen LogP contribution in [0.3, 0.4) is 0 Å². The number of hydrogen-bond donors (Lipinski definition) is 0. The Morgan fingerprint density at radius 2 is 1.77 bits per heavy atom. The summed E-state index contributed by atoms with van der Waals surface area (Å²) in [4.78, 5) is 0. The lowest BCUT2D eigenvalue weighted by molar-refractivity contribution is 0.264. The van der Waals surface area contributed by atoms with Gasteiger partial charge in [0.15, 0.2) is 0 Å². The summed E-state index contributed by atoms with van der Waals surface area (Å²) >= 11 is 1.30. The fourth-order valence-corrected chi connectivity index (χ4v) is 5.61. The first-order chi connectivity index (χ1) is 10.7. The molecule has 1 aromatic carbocycles. The summed E-state index contributed by atoms with van der Waals surface area (Å²) in [7, 11) is -3.26. The van der Waals surface area contributed by atoms with Crippen molar-refractivity contribution in [3.8, 4) is 0 Å². The van der Waals surface area contributed by atoms with Gasteiger partial charge in [-0.25, -0.2) is 8.42 Å². The average molecular weight is 335 g/mol. The molecule has 0 spiro atoms. The maximum absolute atomic E-state index is 12.5. The molecule has 0 radical (unpaired) electrons. The van der Waals surface area contributed by atoms with Crippen molar-refractivity contribution in [3.63, 3.8) is 0 Å². The second-order valence-corrected chi connectivity index (χ2v) is 8.92. The third-order valence-electron chi connectivity index (χ3n) is 4.35. The molecule has 3 nitrogen and oxygen atoms in total. The summed E-state index contributed by atoms with van der Waals surface area (Å²) in [5.41, 5.74) is 1.37. The van der Waals surface area contributed by atoms with Crippen molar-refractivity contribution in [2.75, 3.05) is 13.1 Å². The Kier molecular flexibility index (Phi) is 4.96. The quantitative estimate of drug-likeness (QED) is 0.834. The fraction of sp³-hybridized carbons (Fsp3) is 0.412. The van der Waals surface area contributed by atoms with Crippen molar-refractivity contribution in [2.45, 2.75) is 29.9 Å². The molecule has 0 saturated carbocycles. The Balaban J connectivity index is 1.52. The number of piperidine rings is 1. The standard InChI is InChI=1S/C17H21NO2S2/c19-22(20,17-7-4-14-21-17)18-12-10-16(11-13-18)9-8-15-5-2-1-3-6-15/h1-7,14,16H,8-13H2. The number of rotatable bonds is 5. The SMILES string of the molecule is O=S(=O)(c1cccs1)N1CCC(CCc2ccccc2)CC1. The maximum atomic E-state index is 12.5. The lowest BCUT2D eigenvalue weighted by Gasteiger charge is -2.30. The highest BCUT2D eigenvalue weighted by molar-refractivity contribution is 7.91. The van der Waals surface area contributed by atoms with Crippen LogP contribution in [0, 0.1) is 5.92 Å². The van der Waals surface area contributed by atoms with E-state index in [2.05, 4.69) is 24.3 Å². The van der Waals surface area contributed by atoms with E-state index >= 15 is 0 Å². The monoisotopic (exact) mass is 335 g/mol. The molecule has 3 rings (SSSR count). The van der Waals surface area contributed by atoms with Gasteiger partial charge in [0.1, 0.15) is 4.21 Å². The first-order valence-electron chi connectivity index (χ1n) is 7.74. The third-order valence-corrected chi connectivity index (χ3v) is 7.62. The molecule has 1 fully saturated rings. The van der Waals surface area contributed by atoms with E-state index in [0.29, 0.717) is 23.2 Å². The van der Waals surface area contributed by atoms with Gasteiger partial charge in [0.05, 0.1) is 0 Å². The number of benzene rings is 1. The van der Waals surface area contributed by atoms with Crippen molar-refractivity contribution < 1.29 is 8.42 Å². The van der Waals surface area contributed by atoms with Crippen LogP contribution in [0.25, 0.3) is 0 Å². The predicted octanol–water partition coefficient (Wildman–Crippen LogP) is 3.78. The van der Waals surface area contributed by atoms with E-state index in [1.807, 2.05) is 11.4 Å². The summed E-state index contributed by atoms with van der Waals surface area (Å²) in [5.74, 6) is 0.634. The van der Waals surface area contributed by atoms with Gasteiger partial charge in [0.2, 0.25) is 0 Å². The highest BCUT2D eigenvalue weighted by Gasteiger charge is 2.29. The molecule has 0 atom stereocenters. The molecule has 0 unspecified atom stereocenters. The zero-order chi connectivity index (χ0) is 15.4. The van der Waals surface area contributed by atoms with E-state index in [1.165, 1.54) is 16.9 Å². The van der Waals surface area contributed by atoms with E-state index in [-0.39, 0.29) is 0 Å². The van der Waals surface area contributed by atoms with Crippen LogP contribution >= 0.6 is 11.3 Å². The van der Waals surface area contributed by atoms with E-state index in [1.54, 1.807) is 16.4 Å². The van der Waals surface area contributed by atoms with Crippen molar-refractivity contribution in [1.82, 2.24) is 4.31 Å². The van der Waals surface area contributed by atoms with Crippen molar-refractivity contribution >= 4 is 21.4 Å². The van der Waals surface area contributed by atoms with Crippen LogP contribution < -0.4 is 0 Å². The van der Waals surface area contributed by atoms with Gasteiger partial charge in [-0.2, -0.15) is 4.31 Å². The summed E-state index contributed by atoms with van der Waals surface area (Å²) in [6.07, 6.45) is 4.18. The van der Waals surface area contributed by atoms with Crippen LogP contribution in [0.4, 0.5) is 0 Å². The van der Waals surface area contributed by atoms with Gasteiger partial charge >= 0.3 is 0 Å². The number of sulfonamides is 1. The molecule has 1 aromatic heterocycles. The van der Waals surface area contributed by atoms with Crippen molar-refractivity contribution in [1.29, 1.82) is 0 Å². The van der Waals surface area contributed by atoms with Crippen LogP contribution in [-0.4, -0.2) is 25.8 Å². The van der Waals surface area contributed by atoms with Crippen LogP contribution in [0.1, 0.15) is 24.8 Å². The highest BCUT2D eigenvalue weighted by Crippen LogP contribution is 2.28. The van der Waals surface area contributed by atoms with Gasteiger partial charge < -0.3 is 0 Å².